The first kappa shape index (κ1) is 14.4. The molecule has 0 bridgehead atoms. The Labute approximate surface area is 104 Å². The van der Waals surface area contributed by atoms with Gasteiger partial charge in [-0.3, -0.25) is 9.69 Å². The van der Waals surface area contributed by atoms with Crippen molar-refractivity contribution in [3.8, 4) is 0 Å². The molecular weight excluding hydrogens is 218 g/mol. The maximum absolute atomic E-state index is 11.6. The van der Waals surface area contributed by atoms with E-state index in [1.807, 2.05) is 6.92 Å². The first-order valence-electron chi connectivity index (χ1n) is 6.44. The van der Waals surface area contributed by atoms with E-state index in [2.05, 4.69) is 10.2 Å². The summed E-state index contributed by atoms with van der Waals surface area (Å²) < 4.78 is 5.39. The number of carbonyl (C=O) groups is 1. The van der Waals surface area contributed by atoms with Gasteiger partial charge >= 0.3 is 0 Å². The van der Waals surface area contributed by atoms with Crippen LogP contribution in [0.4, 0.5) is 0 Å². The summed E-state index contributed by atoms with van der Waals surface area (Å²) in [5, 5.41) is 2.82. The average Bonchev–Trinajstić information content (AvgIpc) is 2.36. The molecule has 100 valence electrons. The van der Waals surface area contributed by atoms with Crippen molar-refractivity contribution in [1.82, 2.24) is 10.2 Å². The van der Waals surface area contributed by atoms with Crippen molar-refractivity contribution in [2.45, 2.75) is 38.3 Å². The highest BCUT2D eigenvalue weighted by atomic mass is 16.5. The second kappa shape index (κ2) is 7.63. The van der Waals surface area contributed by atoms with Crippen LogP contribution >= 0.6 is 0 Å². The fourth-order valence-corrected chi connectivity index (χ4v) is 2.34. The number of methoxy groups -OCH3 is 1. The monoisotopic (exact) mass is 243 g/mol. The van der Waals surface area contributed by atoms with E-state index in [1.165, 1.54) is 0 Å². The number of carbonyl (C=O) groups excluding carboxylic acids is 1. The molecule has 2 unspecified atom stereocenters. The third-order valence-electron chi connectivity index (χ3n) is 3.33. The molecule has 0 aromatic carbocycles. The zero-order chi connectivity index (χ0) is 12.7. The maximum Gasteiger partial charge on any atom is 0.221 e. The molecule has 0 aromatic heterocycles. The second-order valence-corrected chi connectivity index (χ2v) is 4.54. The minimum atomic E-state index is 0.0856. The van der Waals surface area contributed by atoms with Gasteiger partial charge in [-0.2, -0.15) is 0 Å². The molecule has 0 radical (unpaired) electrons. The lowest BCUT2D eigenvalue weighted by atomic mass is 10.0. The van der Waals surface area contributed by atoms with Crippen LogP contribution in [0.25, 0.3) is 0 Å². The molecule has 0 aromatic rings. The topological polar surface area (TPSA) is 67.6 Å². The summed E-state index contributed by atoms with van der Waals surface area (Å²) in [5.41, 5.74) is 5.77. The van der Waals surface area contributed by atoms with Gasteiger partial charge in [-0.15, -0.1) is 0 Å². The van der Waals surface area contributed by atoms with Crippen LogP contribution in [0.1, 0.15) is 26.2 Å². The number of nitrogens with two attached hydrogens (primary N) is 1. The highest BCUT2D eigenvalue weighted by Gasteiger charge is 2.26. The van der Waals surface area contributed by atoms with Crippen molar-refractivity contribution in [2.24, 2.45) is 5.73 Å². The van der Waals surface area contributed by atoms with E-state index >= 15 is 0 Å². The Morgan fingerprint density at radius 1 is 1.65 bits per heavy atom. The summed E-state index contributed by atoms with van der Waals surface area (Å²) in [4.78, 5) is 13.9. The SMILES string of the molecule is CCNC(=O)CC(CN)N1CCCC(OC)C1. The molecule has 1 aliphatic rings. The van der Waals surface area contributed by atoms with E-state index in [0.29, 0.717) is 19.5 Å². The Hall–Kier alpha value is -0.650. The summed E-state index contributed by atoms with van der Waals surface area (Å²) in [6.07, 6.45) is 2.99. The summed E-state index contributed by atoms with van der Waals surface area (Å²) in [7, 11) is 1.75. The van der Waals surface area contributed by atoms with Gasteiger partial charge in [-0.1, -0.05) is 0 Å². The van der Waals surface area contributed by atoms with Gasteiger partial charge in [0, 0.05) is 39.2 Å². The van der Waals surface area contributed by atoms with Crippen molar-refractivity contribution >= 4 is 5.91 Å². The highest BCUT2D eigenvalue weighted by Crippen LogP contribution is 2.16. The van der Waals surface area contributed by atoms with Crippen molar-refractivity contribution < 1.29 is 9.53 Å². The van der Waals surface area contributed by atoms with Crippen LogP contribution in [0, 0.1) is 0 Å². The fourth-order valence-electron chi connectivity index (χ4n) is 2.34. The molecule has 5 nitrogen and oxygen atoms in total. The van der Waals surface area contributed by atoms with Crippen LogP contribution in [0.2, 0.25) is 0 Å². The van der Waals surface area contributed by atoms with Gasteiger partial charge < -0.3 is 15.8 Å². The van der Waals surface area contributed by atoms with Crippen LogP contribution < -0.4 is 11.1 Å². The predicted octanol–water partition coefficient (Wildman–Crippen LogP) is -0.0493. The van der Waals surface area contributed by atoms with Crippen LogP contribution in [0.5, 0.6) is 0 Å². The van der Waals surface area contributed by atoms with Crippen LogP contribution in [-0.4, -0.2) is 56.2 Å². The zero-order valence-electron chi connectivity index (χ0n) is 10.9. The molecule has 0 saturated carbocycles. The van der Waals surface area contributed by atoms with Crippen LogP contribution in [0.3, 0.4) is 0 Å². The number of amides is 1. The molecule has 1 fully saturated rings. The van der Waals surface area contributed by atoms with Gasteiger partial charge in [-0.05, 0) is 26.3 Å². The molecule has 2 atom stereocenters. The Kier molecular flexibility index (Phi) is 6.47. The lowest BCUT2D eigenvalue weighted by Crippen LogP contribution is -2.50. The molecular formula is C12H25N3O2. The first-order valence-corrected chi connectivity index (χ1v) is 6.44. The summed E-state index contributed by atoms with van der Waals surface area (Å²) in [6.45, 7) is 5.03. The largest absolute Gasteiger partial charge is 0.380 e. The zero-order valence-corrected chi connectivity index (χ0v) is 10.9. The summed E-state index contributed by atoms with van der Waals surface area (Å²) in [6, 6.07) is 0.138. The third kappa shape index (κ3) is 4.61. The number of nitrogens with one attached hydrogen (secondary N) is 1. The number of ether oxygens (including phenoxy) is 1. The van der Waals surface area contributed by atoms with E-state index in [0.717, 1.165) is 25.9 Å². The third-order valence-corrected chi connectivity index (χ3v) is 3.33. The lowest BCUT2D eigenvalue weighted by molar-refractivity contribution is -0.122. The van der Waals surface area contributed by atoms with Gasteiger partial charge in [0.2, 0.25) is 5.91 Å². The predicted molar refractivity (Wildman–Crippen MR) is 67.7 cm³/mol. The number of hydrogen-bond donors (Lipinski definition) is 2. The summed E-state index contributed by atoms with van der Waals surface area (Å²) >= 11 is 0. The van der Waals surface area contributed by atoms with E-state index < -0.39 is 0 Å². The smallest absolute Gasteiger partial charge is 0.221 e. The number of nitrogens with zero attached hydrogens (tertiary/aromatic N) is 1. The van der Waals surface area contributed by atoms with Crippen molar-refractivity contribution in [3.05, 3.63) is 0 Å². The number of hydrogen-bond acceptors (Lipinski definition) is 4. The first-order chi connectivity index (χ1) is 8.21. The molecule has 1 heterocycles. The maximum atomic E-state index is 11.6. The molecule has 17 heavy (non-hydrogen) atoms. The number of rotatable bonds is 6. The molecule has 5 heteroatoms. The number of piperidine rings is 1. The normalized spacial score (nSPS) is 23.4. The fraction of sp³-hybridized carbons (Fsp3) is 0.917. The van der Waals surface area contributed by atoms with E-state index in [-0.39, 0.29) is 18.1 Å². The molecule has 3 N–H and O–H groups in total. The Morgan fingerprint density at radius 3 is 3.00 bits per heavy atom. The molecule has 1 aliphatic heterocycles. The van der Waals surface area contributed by atoms with E-state index in [9.17, 15) is 4.79 Å². The number of likely N-dealkylation sites (tertiary alicyclic amines) is 1. The highest BCUT2D eigenvalue weighted by molar-refractivity contribution is 5.76. The molecule has 1 rings (SSSR count). The van der Waals surface area contributed by atoms with E-state index in [4.69, 9.17) is 10.5 Å². The van der Waals surface area contributed by atoms with Gasteiger partial charge in [0.1, 0.15) is 0 Å². The Morgan fingerprint density at radius 2 is 2.41 bits per heavy atom. The Balaban J connectivity index is 2.45. The molecule has 1 saturated heterocycles. The lowest BCUT2D eigenvalue weighted by Gasteiger charge is -2.37. The van der Waals surface area contributed by atoms with Crippen LogP contribution in [-0.2, 0) is 9.53 Å². The van der Waals surface area contributed by atoms with Gasteiger partial charge in [-0.25, -0.2) is 0 Å². The van der Waals surface area contributed by atoms with Crippen molar-refractivity contribution in [1.29, 1.82) is 0 Å². The second-order valence-electron chi connectivity index (χ2n) is 4.54. The summed E-state index contributed by atoms with van der Waals surface area (Å²) in [5.74, 6) is 0.0856. The molecule has 1 amide bonds. The average molecular weight is 243 g/mol. The standard InChI is InChI=1S/C12H25N3O2/c1-3-14-12(16)7-10(8-13)15-6-4-5-11(9-15)17-2/h10-11H,3-9,13H2,1-2H3,(H,14,16). The molecule has 0 aliphatic carbocycles. The van der Waals surface area contributed by atoms with Gasteiger partial charge in [0.25, 0.3) is 0 Å². The van der Waals surface area contributed by atoms with E-state index in [1.54, 1.807) is 7.11 Å². The minimum absolute atomic E-state index is 0.0856. The minimum Gasteiger partial charge on any atom is -0.380 e. The Bertz CT molecular complexity index is 236. The van der Waals surface area contributed by atoms with Crippen molar-refractivity contribution in [3.63, 3.8) is 0 Å². The molecule has 0 spiro atoms. The van der Waals surface area contributed by atoms with Gasteiger partial charge in [0.05, 0.1) is 6.10 Å². The van der Waals surface area contributed by atoms with Crippen LogP contribution in [0.15, 0.2) is 0 Å². The quantitative estimate of drug-likeness (QED) is 0.686. The van der Waals surface area contributed by atoms with Gasteiger partial charge in [0.15, 0.2) is 0 Å². The van der Waals surface area contributed by atoms with Crippen molar-refractivity contribution in [2.75, 3.05) is 33.3 Å².